The molecule has 1 saturated heterocycles. The van der Waals surface area contributed by atoms with Gasteiger partial charge in [-0.3, -0.25) is 0 Å². The fraction of sp³-hybridized carbons (Fsp3) is 0.462. The van der Waals surface area contributed by atoms with Gasteiger partial charge in [-0.2, -0.15) is 11.8 Å². The van der Waals surface area contributed by atoms with Gasteiger partial charge >= 0.3 is 5.97 Å². The predicted molar refractivity (Wildman–Crippen MR) is 71.7 cm³/mol. The van der Waals surface area contributed by atoms with Gasteiger partial charge in [-0.15, -0.1) is 0 Å². The van der Waals surface area contributed by atoms with Crippen LogP contribution >= 0.6 is 11.8 Å². The molecule has 18 heavy (non-hydrogen) atoms. The van der Waals surface area contributed by atoms with Crippen molar-refractivity contribution in [2.45, 2.75) is 18.9 Å². The first kappa shape index (κ1) is 13.2. The zero-order chi connectivity index (χ0) is 13.0. The van der Waals surface area contributed by atoms with E-state index in [0.29, 0.717) is 11.3 Å². The zero-order valence-electron chi connectivity index (χ0n) is 10.2. The van der Waals surface area contributed by atoms with Crippen LogP contribution in [0.1, 0.15) is 23.2 Å². The number of thioether (sulfide) groups is 1. The van der Waals surface area contributed by atoms with Gasteiger partial charge < -0.3 is 10.1 Å². The van der Waals surface area contributed by atoms with Crippen molar-refractivity contribution in [1.29, 1.82) is 0 Å². The summed E-state index contributed by atoms with van der Waals surface area (Å²) >= 11 is 1.87. The molecule has 1 N–H and O–H groups in total. The maximum atomic E-state index is 13.7. The first-order valence-corrected chi connectivity index (χ1v) is 7.08. The van der Waals surface area contributed by atoms with Crippen molar-refractivity contribution in [1.82, 2.24) is 0 Å². The van der Waals surface area contributed by atoms with Crippen molar-refractivity contribution in [3.8, 4) is 0 Å². The first-order chi connectivity index (χ1) is 8.70. The molecule has 0 amide bonds. The summed E-state index contributed by atoms with van der Waals surface area (Å²) in [6, 6.07) is 4.51. The number of carbonyl (C=O) groups is 1. The summed E-state index contributed by atoms with van der Waals surface area (Å²) in [6.45, 7) is 0. The number of methoxy groups -OCH3 is 1. The number of hydrogen-bond donors (Lipinski definition) is 1. The molecule has 1 aliphatic rings. The molecule has 0 spiro atoms. The van der Waals surface area contributed by atoms with Crippen LogP contribution in [0.25, 0.3) is 0 Å². The van der Waals surface area contributed by atoms with Gasteiger partial charge in [0, 0.05) is 11.8 Å². The Hall–Kier alpha value is -1.23. The number of rotatable bonds is 3. The van der Waals surface area contributed by atoms with Crippen LogP contribution in [0.15, 0.2) is 18.2 Å². The maximum absolute atomic E-state index is 13.7. The monoisotopic (exact) mass is 269 g/mol. The molecule has 1 aromatic rings. The molecule has 0 aliphatic carbocycles. The lowest BCUT2D eigenvalue weighted by atomic mass is 10.1. The second-order valence-corrected chi connectivity index (χ2v) is 5.39. The highest BCUT2D eigenvalue weighted by Gasteiger charge is 2.16. The van der Waals surface area contributed by atoms with Crippen molar-refractivity contribution in [2.75, 3.05) is 23.9 Å². The largest absolute Gasteiger partial charge is 0.465 e. The fourth-order valence-corrected chi connectivity index (χ4v) is 3.03. The molecule has 1 heterocycles. The Morgan fingerprint density at radius 2 is 2.39 bits per heavy atom. The van der Waals surface area contributed by atoms with Gasteiger partial charge in [0.05, 0.1) is 18.4 Å². The second-order valence-electron chi connectivity index (χ2n) is 4.24. The third kappa shape index (κ3) is 3.16. The summed E-state index contributed by atoms with van der Waals surface area (Å²) < 4.78 is 18.3. The Morgan fingerprint density at radius 3 is 3.06 bits per heavy atom. The number of carbonyl (C=O) groups excluding carboxylic acids is 1. The van der Waals surface area contributed by atoms with Crippen LogP contribution in [-0.2, 0) is 4.74 Å². The van der Waals surface area contributed by atoms with E-state index in [2.05, 4.69) is 10.1 Å². The second kappa shape index (κ2) is 6.09. The summed E-state index contributed by atoms with van der Waals surface area (Å²) in [5.41, 5.74) is 0.746. The SMILES string of the molecule is COC(=O)c1ccc(F)c(NC2CCCSC2)c1. The lowest BCUT2D eigenvalue weighted by Crippen LogP contribution is -2.26. The van der Waals surface area contributed by atoms with Crippen LogP contribution in [0.4, 0.5) is 10.1 Å². The number of halogens is 1. The zero-order valence-corrected chi connectivity index (χ0v) is 11.1. The van der Waals surface area contributed by atoms with E-state index >= 15 is 0 Å². The minimum Gasteiger partial charge on any atom is -0.465 e. The van der Waals surface area contributed by atoms with E-state index in [9.17, 15) is 9.18 Å². The van der Waals surface area contributed by atoms with Crippen LogP contribution in [0.2, 0.25) is 0 Å². The van der Waals surface area contributed by atoms with Crippen LogP contribution in [-0.4, -0.2) is 30.6 Å². The number of hydrogen-bond acceptors (Lipinski definition) is 4. The third-order valence-electron chi connectivity index (χ3n) is 2.91. The predicted octanol–water partition coefficient (Wildman–Crippen LogP) is 2.92. The molecule has 1 atom stereocenters. The molecular formula is C13H16FNO2S. The molecule has 0 bridgehead atoms. The van der Waals surface area contributed by atoms with E-state index in [1.165, 1.54) is 31.1 Å². The van der Waals surface area contributed by atoms with Crippen molar-refractivity contribution >= 4 is 23.4 Å². The molecule has 5 heteroatoms. The molecule has 3 nitrogen and oxygen atoms in total. The molecule has 0 radical (unpaired) electrons. The topological polar surface area (TPSA) is 38.3 Å². The van der Waals surface area contributed by atoms with E-state index in [0.717, 1.165) is 18.6 Å². The molecule has 0 aromatic heterocycles. The average Bonchev–Trinajstić information content (AvgIpc) is 2.41. The Kier molecular flexibility index (Phi) is 4.47. The highest BCUT2D eigenvalue weighted by atomic mass is 32.2. The van der Waals surface area contributed by atoms with Gasteiger partial charge in [-0.1, -0.05) is 0 Å². The number of ether oxygens (including phenoxy) is 1. The van der Waals surface area contributed by atoms with Crippen LogP contribution < -0.4 is 5.32 Å². The molecule has 1 aromatic carbocycles. The lowest BCUT2D eigenvalue weighted by Gasteiger charge is -2.23. The van der Waals surface area contributed by atoms with Gasteiger partial charge in [0.25, 0.3) is 0 Å². The number of nitrogens with one attached hydrogen (secondary N) is 1. The molecule has 1 unspecified atom stereocenters. The third-order valence-corrected chi connectivity index (χ3v) is 4.12. The summed E-state index contributed by atoms with van der Waals surface area (Å²) in [6.07, 6.45) is 2.18. The van der Waals surface area contributed by atoms with Gasteiger partial charge in [-0.25, -0.2) is 9.18 Å². The highest BCUT2D eigenvalue weighted by Crippen LogP contribution is 2.23. The van der Waals surface area contributed by atoms with Crippen LogP contribution in [0.5, 0.6) is 0 Å². The highest BCUT2D eigenvalue weighted by molar-refractivity contribution is 7.99. The Bertz CT molecular complexity index is 433. The van der Waals surface area contributed by atoms with Crippen molar-refractivity contribution < 1.29 is 13.9 Å². The van der Waals surface area contributed by atoms with E-state index in [-0.39, 0.29) is 11.9 Å². The normalized spacial score (nSPS) is 19.3. The fourth-order valence-electron chi connectivity index (χ4n) is 1.96. The summed E-state index contributed by atoms with van der Waals surface area (Å²) in [5, 5.41) is 3.16. The molecular weight excluding hydrogens is 253 g/mol. The minimum atomic E-state index is -0.448. The van der Waals surface area contributed by atoms with E-state index < -0.39 is 5.97 Å². The van der Waals surface area contributed by atoms with E-state index in [1.54, 1.807) is 0 Å². The smallest absolute Gasteiger partial charge is 0.337 e. The molecule has 98 valence electrons. The van der Waals surface area contributed by atoms with Gasteiger partial charge in [0.2, 0.25) is 0 Å². The first-order valence-electron chi connectivity index (χ1n) is 5.93. The van der Waals surface area contributed by atoms with Crippen LogP contribution in [0.3, 0.4) is 0 Å². The minimum absolute atomic E-state index is 0.270. The number of esters is 1. The van der Waals surface area contributed by atoms with Crippen molar-refractivity contribution in [3.63, 3.8) is 0 Å². The summed E-state index contributed by atoms with van der Waals surface area (Å²) in [4.78, 5) is 11.4. The molecule has 1 fully saturated rings. The number of benzene rings is 1. The van der Waals surface area contributed by atoms with Crippen molar-refractivity contribution in [2.24, 2.45) is 0 Å². The maximum Gasteiger partial charge on any atom is 0.337 e. The van der Waals surface area contributed by atoms with Gasteiger partial charge in [-0.05, 0) is 36.8 Å². The standard InChI is InChI=1S/C13H16FNO2S/c1-17-13(16)9-4-5-11(14)12(7-9)15-10-3-2-6-18-8-10/h4-5,7,10,15H,2-3,6,8H2,1H3. The molecule has 1 aliphatic heterocycles. The van der Waals surface area contributed by atoms with Crippen molar-refractivity contribution in [3.05, 3.63) is 29.6 Å². The van der Waals surface area contributed by atoms with Crippen LogP contribution in [0, 0.1) is 5.82 Å². The summed E-state index contributed by atoms with van der Waals surface area (Å²) in [7, 11) is 1.32. The summed E-state index contributed by atoms with van der Waals surface area (Å²) in [5.74, 6) is 1.36. The average molecular weight is 269 g/mol. The number of anilines is 1. The van der Waals surface area contributed by atoms with Gasteiger partial charge in [0.1, 0.15) is 5.82 Å². The quantitative estimate of drug-likeness (QED) is 0.856. The Balaban J connectivity index is 2.12. The lowest BCUT2D eigenvalue weighted by molar-refractivity contribution is 0.0600. The molecule has 2 rings (SSSR count). The van der Waals surface area contributed by atoms with E-state index in [4.69, 9.17) is 0 Å². The Labute approximate surface area is 110 Å². The van der Waals surface area contributed by atoms with Gasteiger partial charge in [0.15, 0.2) is 0 Å². The molecule has 0 saturated carbocycles. The van der Waals surface area contributed by atoms with E-state index in [1.807, 2.05) is 11.8 Å². The Morgan fingerprint density at radius 1 is 1.56 bits per heavy atom.